The minimum absolute atomic E-state index is 0.281. The Bertz CT molecular complexity index is 649. The van der Waals surface area contributed by atoms with Crippen LogP contribution in [0, 0.1) is 5.82 Å². The molecule has 6 heteroatoms. The maximum absolute atomic E-state index is 12.9. The summed E-state index contributed by atoms with van der Waals surface area (Å²) in [6.45, 7) is 4.14. The van der Waals surface area contributed by atoms with Gasteiger partial charge >= 0.3 is 0 Å². The van der Waals surface area contributed by atoms with E-state index in [0.717, 1.165) is 5.56 Å². The lowest BCUT2D eigenvalue weighted by molar-refractivity contribution is 0.574. The monoisotopic (exact) mass is 303 g/mol. The van der Waals surface area contributed by atoms with Crippen molar-refractivity contribution >= 4 is 23.5 Å². The Labute approximate surface area is 127 Å². The van der Waals surface area contributed by atoms with Crippen molar-refractivity contribution in [3.8, 4) is 11.3 Å². The Kier molecular flexibility index (Phi) is 5.22. The van der Waals surface area contributed by atoms with E-state index in [0.29, 0.717) is 23.2 Å². The van der Waals surface area contributed by atoms with Crippen LogP contribution in [0.15, 0.2) is 58.6 Å². The lowest BCUT2D eigenvalue weighted by atomic mass is 10.2. The van der Waals surface area contributed by atoms with E-state index in [1.165, 1.54) is 18.3 Å². The second-order valence-electron chi connectivity index (χ2n) is 4.08. The summed E-state index contributed by atoms with van der Waals surface area (Å²) in [7, 11) is 0. The molecule has 0 aliphatic carbocycles. The van der Waals surface area contributed by atoms with Crippen molar-refractivity contribution in [3.05, 3.63) is 60.6 Å². The summed E-state index contributed by atoms with van der Waals surface area (Å²) in [5.74, 6) is 0.925. The number of furan rings is 1. The molecule has 0 bridgehead atoms. The molecule has 2 N–H and O–H groups in total. The number of thiocarbonyl (C=S) groups is 1. The van der Waals surface area contributed by atoms with Gasteiger partial charge in [-0.3, -0.25) is 5.43 Å². The van der Waals surface area contributed by atoms with Crippen LogP contribution in [-0.2, 0) is 0 Å². The van der Waals surface area contributed by atoms with Crippen LogP contribution in [0.2, 0.25) is 0 Å². The van der Waals surface area contributed by atoms with Crippen molar-refractivity contribution in [3.63, 3.8) is 0 Å². The van der Waals surface area contributed by atoms with E-state index >= 15 is 0 Å². The summed E-state index contributed by atoms with van der Waals surface area (Å²) in [5.41, 5.74) is 3.45. The molecule has 0 atom stereocenters. The molecule has 2 aromatic rings. The lowest BCUT2D eigenvalue weighted by Gasteiger charge is -2.02. The highest BCUT2D eigenvalue weighted by Crippen LogP contribution is 2.21. The second-order valence-corrected chi connectivity index (χ2v) is 4.49. The Morgan fingerprint density at radius 2 is 2.05 bits per heavy atom. The van der Waals surface area contributed by atoms with E-state index in [4.69, 9.17) is 16.6 Å². The molecule has 21 heavy (non-hydrogen) atoms. The van der Waals surface area contributed by atoms with Crippen LogP contribution >= 0.6 is 12.2 Å². The SMILES string of the molecule is C=CCNC(=S)NN=Cc1ccc(-c2ccc(F)cc2)o1. The van der Waals surface area contributed by atoms with Crippen molar-refractivity contribution in [1.29, 1.82) is 0 Å². The van der Waals surface area contributed by atoms with Crippen LogP contribution in [0.5, 0.6) is 0 Å². The highest BCUT2D eigenvalue weighted by Gasteiger charge is 2.03. The first kappa shape index (κ1) is 14.9. The third-order valence-corrected chi connectivity index (χ3v) is 2.76. The Morgan fingerprint density at radius 3 is 2.76 bits per heavy atom. The van der Waals surface area contributed by atoms with Gasteiger partial charge in [0, 0.05) is 12.1 Å². The molecule has 1 aromatic carbocycles. The van der Waals surface area contributed by atoms with Crippen molar-refractivity contribution in [2.75, 3.05) is 6.54 Å². The average molecular weight is 303 g/mol. The van der Waals surface area contributed by atoms with Crippen LogP contribution in [0.3, 0.4) is 0 Å². The highest BCUT2D eigenvalue weighted by atomic mass is 32.1. The molecule has 0 saturated carbocycles. The predicted octanol–water partition coefficient (Wildman–Crippen LogP) is 3.07. The van der Waals surface area contributed by atoms with Gasteiger partial charge in [-0.05, 0) is 48.6 Å². The van der Waals surface area contributed by atoms with Crippen molar-refractivity contribution in [1.82, 2.24) is 10.7 Å². The fourth-order valence-corrected chi connectivity index (χ4v) is 1.69. The van der Waals surface area contributed by atoms with Gasteiger partial charge in [0.2, 0.25) is 0 Å². The summed E-state index contributed by atoms with van der Waals surface area (Å²) in [4.78, 5) is 0. The standard InChI is InChI=1S/C15H14FN3OS/c1-2-9-17-15(21)19-18-10-13-7-8-14(20-13)11-3-5-12(16)6-4-11/h2-8,10H,1,9H2,(H2,17,19,21). The molecule has 0 fully saturated rings. The molecule has 0 amide bonds. The topological polar surface area (TPSA) is 49.6 Å². The summed E-state index contributed by atoms with van der Waals surface area (Å²) >= 11 is 4.98. The summed E-state index contributed by atoms with van der Waals surface area (Å²) in [6.07, 6.45) is 3.20. The third-order valence-electron chi connectivity index (χ3n) is 2.52. The van der Waals surface area contributed by atoms with Crippen molar-refractivity contribution in [2.45, 2.75) is 0 Å². The molecule has 2 rings (SSSR count). The zero-order valence-electron chi connectivity index (χ0n) is 11.2. The minimum atomic E-state index is -0.281. The fraction of sp³-hybridized carbons (Fsp3) is 0.0667. The number of hydrogen-bond acceptors (Lipinski definition) is 3. The van der Waals surface area contributed by atoms with Crippen molar-refractivity contribution in [2.24, 2.45) is 5.10 Å². The third kappa shape index (κ3) is 4.54. The molecule has 4 nitrogen and oxygen atoms in total. The van der Waals surface area contributed by atoms with E-state index in [1.807, 2.05) is 0 Å². The van der Waals surface area contributed by atoms with Crippen LogP contribution in [-0.4, -0.2) is 17.9 Å². The molecule has 0 aliphatic rings. The zero-order valence-corrected chi connectivity index (χ0v) is 12.0. The van der Waals surface area contributed by atoms with Gasteiger partial charge in [-0.2, -0.15) is 5.10 Å². The van der Waals surface area contributed by atoms with Crippen LogP contribution in [0.25, 0.3) is 11.3 Å². The summed E-state index contributed by atoms with van der Waals surface area (Å²) in [6, 6.07) is 9.64. The molecular weight excluding hydrogens is 289 g/mol. The Morgan fingerprint density at radius 1 is 1.29 bits per heavy atom. The minimum Gasteiger partial charge on any atom is -0.455 e. The van der Waals surface area contributed by atoms with E-state index in [9.17, 15) is 4.39 Å². The second kappa shape index (κ2) is 7.35. The molecule has 0 unspecified atom stereocenters. The number of hydrazone groups is 1. The van der Waals surface area contributed by atoms with Gasteiger partial charge in [-0.15, -0.1) is 6.58 Å². The van der Waals surface area contributed by atoms with Crippen molar-refractivity contribution < 1.29 is 8.81 Å². The van der Waals surface area contributed by atoms with Gasteiger partial charge in [-0.1, -0.05) is 6.08 Å². The smallest absolute Gasteiger partial charge is 0.187 e. The van der Waals surface area contributed by atoms with Gasteiger partial charge in [0.15, 0.2) is 5.11 Å². The first-order chi connectivity index (χ1) is 10.2. The molecule has 1 heterocycles. The van der Waals surface area contributed by atoms with E-state index in [-0.39, 0.29) is 5.82 Å². The van der Waals surface area contributed by atoms with E-state index < -0.39 is 0 Å². The van der Waals surface area contributed by atoms with Crippen LogP contribution < -0.4 is 10.7 Å². The number of halogens is 1. The molecule has 0 saturated heterocycles. The Balaban J connectivity index is 1.95. The molecule has 0 spiro atoms. The zero-order chi connectivity index (χ0) is 15.1. The summed E-state index contributed by atoms with van der Waals surface area (Å²) in [5, 5.41) is 7.23. The number of hydrogen-bond donors (Lipinski definition) is 2. The maximum Gasteiger partial charge on any atom is 0.187 e. The van der Waals surface area contributed by atoms with Gasteiger partial charge in [-0.25, -0.2) is 4.39 Å². The first-order valence-corrected chi connectivity index (χ1v) is 6.63. The largest absolute Gasteiger partial charge is 0.455 e. The van der Waals surface area contributed by atoms with E-state index in [1.54, 1.807) is 30.3 Å². The maximum atomic E-state index is 12.9. The number of nitrogens with zero attached hydrogens (tertiary/aromatic N) is 1. The fourth-order valence-electron chi connectivity index (χ4n) is 1.55. The van der Waals surface area contributed by atoms with Gasteiger partial charge in [0.1, 0.15) is 17.3 Å². The average Bonchev–Trinajstić information content (AvgIpc) is 2.95. The number of benzene rings is 1. The van der Waals surface area contributed by atoms with Crippen LogP contribution in [0.4, 0.5) is 4.39 Å². The quantitative estimate of drug-likeness (QED) is 0.386. The molecule has 108 valence electrons. The molecule has 0 aliphatic heterocycles. The summed E-state index contributed by atoms with van der Waals surface area (Å²) < 4.78 is 18.4. The lowest BCUT2D eigenvalue weighted by Crippen LogP contribution is -2.31. The Hall–Kier alpha value is -2.47. The molecule has 1 aromatic heterocycles. The van der Waals surface area contributed by atoms with Gasteiger partial charge < -0.3 is 9.73 Å². The normalized spacial score (nSPS) is 10.5. The molecule has 0 radical (unpaired) electrons. The highest BCUT2D eigenvalue weighted by molar-refractivity contribution is 7.80. The predicted molar refractivity (Wildman–Crippen MR) is 85.6 cm³/mol. The first-order valence-electron chi connectivity index (χ1n) is 6.22. The molecular formula is C15H14FN3OS. The number of nitrogens with one attached hydrogen (secondary N) is 2. The van der Waals surface area contributed by atoms with E-state index in [2.05, 4.69) is 22.4 Å². The van der Waals surface area contributed by atoms with Crippen LogP contribution in [0.1, 0.15) is 5.76 Å². The van der Waals surface area contributed by atoms with Gasteiger partial charge in [0.05, 0.1) is 6.21 Å². The van der Waals surface area contributed by atoms with Gasteiger partial charge in [0.25, 0.3) is 0 Å². The number of rotatable bonds is 5.